The molecule has 1 aliphatic rings. The first kappa shape index (κ1) is 13.3. The van der Waals surface area contributed by atoms with Gasteiger partial charge in [0, 0.05) is 44.3 Å². The van der Waals surface area contributed by atoms with Crippen molar-refractivity contribution in [2.75, 3.05) is 39.8 Å². The number of piperazine rings is 1. The lowest BCUT2D eigenvalue weighted by atomic mass is 10.0. The van der Waals surface area contributed by atoms with Crippen LogP contribution in [0.25, 0.3) is 0 Å². The second-order valence-corrected chi connectivity index (χ2v) is 4.73. The molecule has 4 nitrogen and oxygen atoms in total. The van der Waals surface area contributed by atoms with Crippen LogP contribution < -0.4 is 15.8 Å². The van der Waals surface area contributed by atoms with E-state index in [-0.39, 0.29) is 6.04 Å². The van der Waals surface area contributed by atoms with Crippen molar-refractivity contribution in [3.05, 3.63) is 29.8 Å². The van der Waals surface area contributed by atoms with Crippen LogP contribution in [0.5, 0.6) is 5.75 Å². The predicted octanol–water partition coefficient (Wildman–Crippen LogP) is 0.990. The summed E-state index contributed by atoms with van der Waals surface area (Å²) in [6, 6.07) is 8.07. The number of para-hydroxylation sites is 1. The highest BCUT2D eigenvalue weighted by atomic mass is 16.5. The van der Waals surface area contributed by atoms with Gasteiger partial charge in [-0.3, -0.25) is 0 Å². The molecule has 1 unspecified atom stereocenters. The summed E-state index contributed by atoms with van der Waals surface area (Å²) in [5.74, 6) is 0.894. The Morgan fingerprint density at radius 1 is 1.33 bits per heavy atom. The molecule has 0 amide bonds. The number of nitrogens with two attached hydrogens (primary N) is 1. The van der Waals surface area contributed by atoms with Crippen molar-refractivity contribution in [3.8, 4) is 5.75 Å². The molecule has 4 heteroatoms. The number of nitrogens with zero attached hydrogens (tertiary/aromatic N) is 1. The van der Waals surface area contributed by atoms with Gasteiger partial charge in [-0.05, 0) is 12.5 Å². The molecule has 1 saturated heterocycles. The highest BCUT2D eigenvalue weighted by molar-refractivity contribution is 5.35. The first-order valence-electron chi connectivity index (χ1n) is 6.63. The van der Waals surface area contributed by atoms with E-state index in [0.29, 0.717) is 0 Å². The third-order valence-corrected chi connectivity index (χ3v) is 3.50. The van der Waals surface area contributed by atoms with Crippen LogP contribution in [0.1, 0.15) is 18.0 Å². The van der Waals surface area contributed by atoms with Crippen molar-refractivity contribution < 1.29 is 4.74 Å². The zero-order chi connectivity index (χ0) is 12.8. The number of hydrogen-bond donors (Lipinski definition) is 2. The fourth-order valence-electron chi connectivity index (χ4n) is 2.38. The third kappa shape index (κ3) is 3.45. The van der Waals surface area contributed by atoms with E-state index in [1.165, 1.54) is 0 Å². The Balaban J connectivity index is 1.88. The first-order valence-corrected chi connectivity index (χ1v) is 6.63. The molecular formula is C14H23N3O. The van der Waals surface area contributed by atoms with Gasteiger partial charge in [-0.25, -0.2) is 0 Å². The van der Waals surface area contributed by atoms with Crippen molar-refractivity contribution in [3.63, 3.8) is 0 Å². The van der Waals surface area contributed by atoms with Crippen LogP contribution in [0.4, 0.5) is 0 Å². The van der Waals surface area contributed by atoms with Gasteiger partial charge in [0.15, 0.2) is 0 Å². The Morgan fingerprint density at radius 2 is 2.06 bits per heavy atom. The molecule has 3 N–H and O–H groups in total. The molecule has 1 atom stereocenters. The van der Waals surface area contributed by atoms with E-state index in [4.69, 9.17) is 10.5 Å². The monoisotopic (exact) mass is 249 g/mol. The van der Waals surface area contributed by atoms with Crippen LogP contribution in [0.15, 0.2) is 24.3 Å². The Morgan fingerprint density at radius 3 is 2.78 bits per heavy atom. The first-order chi connectivity index (χ1) is 8.81. The maximum absolute atomic E-state index is 6.27. The lowest BCUT2D eigenvalue weighted by molar-refractivity contribution is 0.232. The largest absolute Gasteiger partial charge is 0.496 e. The van der Waals surface area contributed by atoms with E-state index in [9.17, 15) is 0 Å². The van der Waals surface area contributed by atoms with Gasteiger partial charge in [0.25, 0.3) is 0 Å². The summed E-state index contributed by atoms with van der Waals surface area (Å²) in [6.07, 6.45) is 0.973. The summed E-state index contributed by atoms with van der Waals surface area (Å²) >= 11 is 0. The van der Waals surface area contributed by atoms with Gasteiger partial charge in [-0.15, -0.1) is 0 Å². The van der Waals surface area contributed by atoms with Crippen molar-refractivity contribution >= 4 is 0 Å². The lowest BCUT2D eigenvalue weighted by Gasteiger charge is -2.28. The van der Waals surface area contributed by atoms with Crippen LogP contribution in [-0.4, -0.2) is 44.7 Å². The average molecular weight is 249 g/mol. The second-order valence-electron chi connectivity index (χ2n) is 4.73. The molecule has 18 heavy (non-hydrogen) atoms. The van der Waals surface area contributed by atoms with E-state index in [1.807, 2.05) is 18.2 Å². The molecule has 1 aliphatic heterocycles. The number of nitrogens with one attached hydrogen (secondary N) is 1. The number of benzene rings is 1. The summed E-state index contributed by atoms with van der Waals surface area (Å²) in [6.45, 7) is 5.48. The Hall–Kier alpha value is -1.10. The molecule has 0 saturated carbocycles. The van der Waals surface area contributed by atoms with Crippen molar-refractivity contribution in [2.24, 2.45) is 5.73 Å². The average Bonchev–Trinajstić information content (AvgIpc) is 2.45. The van der Waals surface area contributed by atoms with Gasteiger partial charge in [0.05, 0.1) is 7.11 Å². The van der Waals surface area contributed by atoms with Crippen molar-refractivity contribution in [2.45, 2.75) is 12.5 Å². The zero-order valence-electron chi connectivity index (χ0n) is 11.1. The zero-order valence-corrected chi connectivity index (χ0v) is 11.1. The fraction of sp³-hybridized carbons (Fsp3) is 0.571. The van der Waals surface area contributed by atoms with Crippen LogP contribution in [0.2, 0.25) is 0 Å². The van der Waals surface area contributed by atoms with Gasteiger partial charge in [-0.2, -0.15) is 0 Å². The minimum atomic E-state index is 0.0519. The molecule has 0 radical (unpaired) electrons. The van der Waals surface area contributed by atoms with Crippen LogP contribution >= 0.6 is 0 Å². The fourth-order valence-corrected chi connectivity index (χ4v) is 2.38. The van der Waals surface area contributed by atoms with E-state index < -0.39 is 0 Å². The van der Waals surface area contributed by atoms with Gasteiger partial charge in [0.1, 0.15) is 5.75 Å². The minimum absolute atomic E-state index is 0.0519. The second kappa shape index (κ2) is 6.73. The van der Waals surface area contributed by atoms with Crippen molar-refractivity contribution in [1.29, 1.82) is 0 Å². The number of ether oxygens (including phenoxy) is 1. The Bertz CT molecular complexity index is 364. The molecular weight excluding hydrogens is 226 g/mol. The molecule has 100 valence electrons. The smallest absolute Gasteiger partial charge is 0.123 e. The van der Waals surface area contributed by atoms with Crippen LogP contribution in [-0.2, 0) is 0 Å². The number of hydrogen-bond acceptors (Lipinski definition) is 4. The maximum Gasteiger partial charge on any atom is 0.123 e. The number of rotatable bonds is 5. The predicted molar refractivity (Wildman–Crippen MR) is 73.8 cm³/mol. The highest BCUT2D eigenvalue weighted by Gasteiger charge is 2.14. The van der Waals surface area contributed by atoms with Crippen LogP contribution in [0, 0.1) is 0 Å². The molecule has 0 aromatic heterocycles. The SMILES string of the molecule is COc1ccccc1C(N)CCN1CCNCC1. The molecule has 1 aromatic rings. The van der Waals surface area contributed by atoms with Gasteiger partial charge in [-0.1, -0.05) is 18.2 Å². The Kier molecular flexibility index (Phi) is 4.99. The van der Waals surface area contributed by atoms with E-state index in [2.05, 4.69) is 16.3 Å². The minimum Gasteiger partial charge on any atom is -0.496 e. The quantitative estimate of drug-likeness (QED) is 0.817. The highest BCUT2D eigenvalue weighted by Crippen LogP contribution is 2.25. The summed E-state index contributed by atoms with van der Waals surface area (Å²) in [7, 11) is 1.70. The molecule has 1 heterocycles. The molecule has 0 aliphatic carbocycles. The van der Waals surface area contributed by atoms with Gasteiger partial charge < -0.3 is 20.7 Å². The lowest BCUT2D eigenvalue weighted by Crippen LogP contribution is -2.44. The molecule has 2 rings (SSSR count). The van der Waals surface area contributed by atoms with Gasteiger partial charge >= 0.3 is 0 Å². The summed E-state index contributed by atoms with van der Waals surface area (Å²) in [5.41, 5.74) is 7.37. The van der Waals surface area contributed by atoms with E-state index >= 15 is 0 Å². The van der Waals surface area contributed by atoms with E-state index in [0.717, 1.165) is 50.5 Å². The molecule has 1 aromatic carbocycles. The standard InChI is InChI=1S/C14H23N3O/c1-18-14-5-3-2-4-12(14)13(15)6-9-17-10-7-16-8-11-17/h2-5,13,16H,6-11,15H2,1H3. The third-order valence-electron chi connectivity index (χ3n) is 3.50. The summed E-state index contributed by atoms with van der Waals surface area (Å²) in [5, 5.41) is 3.36. The summed E-state index contributed by atoms with van der Waals surface area (Å²) in [4.78, 5) is 2.46. The normalized spacial score (nSPS) is 18.6. The van der Waals surface area contributed by atoms with E-state index in [1.54, 1.807) is 7.11 Å². The van der Waals surface area contributed by atoms with Crippen LogP contribution in [0.3, 0.4) is 0 Å². The molecule has 0 bridgehead atoms. The molecule has 1 fully saturated rings. The van der Waals surface area contributed by atoms with Crippen molar-refractivity contribution in [1.82, 2.24) is 10.2 Å². The molecule has 0 spiro atoms. The summed E-state index contributed by atoms with van der Waals surface area (Å²) < 4.78 is 5.35. The maximum atomic E-state index is 6.27. The Labute approximate surface area is 109 Å². The number of methoxy groups -OCH3 is 1. The topological polar surface area (TPSA) is 50.5 Å². The van der Waals surface area contributed by atoms with Gasteiger partial charge in [0.2, 0.25) is 0 Å².